The molecule has 0 aromatic heterocycles. The minimum absolute atomic E-state index is 0.117. The number of anilines is 1. The number of halogens is 1. The molecule has 9 nitrogen and oxygen atoms in total. The fourth-order valence-electron chi connectivity index (χ4n) is 3.00. The van der Waals surface area contributed by atoms with Crippen molar-refractivity contribution in [1.29, 1.82) is 0 Å². The molecule has 0 saturated carbocycles. The maximum Gasteiger partial charge on any atom is 0.271 e. The number of benzene rings is 2. The number of amides is 2. The number of ether oxygens (including phenoxy) is 1. The number of nitrogens with zero attached hydrogens (tertiary/aromatic N) is 3. The van der Waals surface area contributed by atoms with E-state index >= 15 is 0 Å². The maximum atomic E-state index is 13.0. The van der Waals surface area contributed by atoms with Gasteiger partial charge in [0.25, 0.3) is 5.69 Å². The summed E-state index contributed by atoms with van der Waals surface area (Å²) in [5.41, 5.74) is 1.61. The van der Waals surface area contributed by atoms with Gasteiger partial charge < -0.3 is 10.1 Å². The van der Waals surface area contributed by atoms with Crippen LogP contribution in [0.2, 0.25) is 5.02 Å². The van der Waals surface area contributed by atoms with Crippen molar-refractivity contribution in [3.63, 3.8) is 0 Å². The fraction of sp³-hybridized carbons (Fsp3) is 0.286. The number of carbonyl (C=O) groups excluding carboxylic acids is 2. The number of rotatable bonds is 8. The molecule has 0 radical (unpaired) electrons. The van der Waals surface area contributed by atoms with Crippen molar-refractivity contribution in [1.82, 2.24) is 4.90 Å². The highest BCUT2D eigenvalue weighted by molar-refractivity contribution is 8.15. The number of non-ortho nitro benzene ring substituents is 1. The maximum absolute atomic E-state index is 13.0. The lowest BCUT2D eigenvalue weighted by Gasteiger charge is -2.16. The van der Waals surface area contributed by atoms with Crippen molar-refractivity contribution in [3.05, 3.63) is 63.2 Å². The number of nitro benzene ring substituents is 1. The number of aryl methyl sites for hydroxylation is 1. The predicted molar refractivity (Wildman–Crippen MR) is 125 cm³/mol. The Labute approximate surface area is 193 Å². The molecule has 1 aliphatic heterocycles. The van der Waals surface area contributed by atoms with Gasteiger partial charge in [-0.15, -0.1) is 0 Å². The third kappa shape index (κ3) is 5.64. The first kappa shape index (κ1) is 23.7. The summed E-state index contributed by atoms with van der Waals surface area (Å²) < 4.78 is 5.11. The topological polar surface area (TPSA) is 114 Å². The molecule has 0 aliphatic carbocycles. The Balaban J connectivity index is 1.77. The lowest BCUT2D eigenvalue weighted by molar-refractivity contribution is -0.384. The fourth-order valence-corrected chi connectivity index (χ4v) is 4.34. The van der Waals surface area contributed by atoms with Gasteiger partial charge in [0.15, 0.2) is 5.17 Å². The monoisotopic (exact) mass is 476 g/mol. The van der Waals surface area contributed by atoms with Crippen LogP contribution < -0.4 is 5.32 Å². The van der Waals surface area contributed by atoms with Crippen molar-refractivity contribution >= 4 is 57.4 Å². The third-order valence-electron chi connectivity index (χ3n) is 4.68. The quantitative estimate of drug-likeness (QED) is 0.452. The van der Waals surface area contributed by atoms with Gasteiger partial charge in [0.1, 0.15) is 5.25 Å². The molecular formula is C21H21ClN4O5S. The molecule has 2 aromatic carbocycles. The number of thioether (sulfide) groups is 1. The highest BCUT2D eigenvalue weighted by Crippen LogP contribution is 2.33. The summed E-state index contributed by atoms with van der Waals surface area (Å²) in [6.45, 7) is 2.55. The minimum Gasteiger partial charge on any atom is -0.383 e. The number of aliphatic imine (C=N–C) groups is 1. The highest BCUT2D eigenvalue weighted by Gasteiger charge is 2.39. The standard InChI is InChI=1S/C21H21ClN4O5S/c1-13-5-3-4-6-16(13)24-21-25(9-10-31-2)20(28)18(32-21)12-19(27)23-17-11-14(26(29)30)7-8-15(17)22/h3-8,11,18H,9-10,12H2,1-2H3,(H,23,27). The zero-order valence-electron chi connectivity index (χ0n) is 17.4. The first-order valence-electron chi connectivity index (χ1n) is 9.65. The molecule has 32 heavy (non-hydrogen) atoms. The van der Waals surface area contributed by atoms with Crippen LogP contribution in [0.1, 0.15) is 12.0 Å². The Morgan fingerprint density at radius 2 is 2.09 bits per heavy atom. The number of para-hydroxylation sites is 1. The van der Waals surface area contributed by atoms with E-state index in [4.69, 9.17) is 16.3 Å². The van der Waals surface area contributed by atoms with Gasteiger partial charge in [-0.2, -0.15) is 0 Å². The van der Waals surface area contributed by atoms with Gasteiger partial charge in [-0.05, 0) is 24.6 Å². The molecular weight excluding hydrogens is 456 g/mol. The van der Waals surface area contributed by atoms with Crippen LogP contribution in [0.25, 0.3) is 0 Å². The van der Waals surface area contributed by atoms with E-state index in [1.165, 1.54) is 34.9 Å². The van der Waals surface area contributed by atoms with E-state index in [2.05, 4.69) is 10.3 Å². The summed E-state index contributed by atoms with van der Waals surface area (Å²) in [5, 5.41) is 13.5. The zero-order valence-corrected chi connectivity index (χ0v) is 19.0. The first-order chi connectivity index (χ1) is 15.3. The molecule has 2 aromatic rings. The minimum atomic E-state index is -0.688. The Kier molecular flexibility index (Phi) is 7.84. The molecule has 1 saturated heterocycles. The molecule has 0 spiro atoms. The lowest BCUT2D eigenvalue weighted by atomic mass is 10.2. The SMILES string of the molecule is COCCN1C(=O)C(CC(=O)Nc2cc([N+](=O)[O-])ccc2Cl)SC1=Nc1ccccc1C. The summed E-state index contributed by atoms with van der Waals surface area (Å²) in [5.74, 6) is -0.734. The summed E-state index contributed by atoms with van der Waals surface area (Å²) >= 11 is 7.25. The second-order valence-corrected chi connectivity index (χ2v) is 8.52. The zero-order chi connectivity index (χ0) is 23.3. The molecule has 2 amide bonds. The smallest absolute Gasteiger partial charge is 0.271 e. The largest absolute Gasteiger partial charge is 0.383 e. The number of nitrogens with one attached hydrogen (secondary N) is 1. The Morgan fingerprint density at radius 1 is 1.34 bits per heavy atom. The highest BCUT2D eigenvalue weighted by atomic mass is 35.5. The van der Waals surface area contributed by atoms with Crippen molar-refractivity contribution < 1.29 is 19.2 Å². The van der Waals surface area contributed by atoms with Gasteiger partial charge >= 0.3 is 0 Å². The Bertz CT molecular complexity index is 1080. The number of methoxy groups -OCH3 is 1. The lowest BCUT2D eigenvalue weighted by Crippen LogP contribution is -2.35. The molecule has 0 bridgehead atoms. The van der Waals surface area contributed by atoms with E-state index in [9.17, 15) is 19.7 Å². The van der Waals surface area contributed by atoms with E-state index in [1.54, 1.807) is 7.11 Å². The summed E-state index contributed by atoms with van der Waals surface area (Å²) in [6, 6.07) is 11.3. The van der Waals surface area contributed by atoms with Gasteiger partial charge in [0.2, 0.25) is 11.8 Å². The normalized spacial score (nSPS) is 17.1. The van der Waals surface area contributed by atoms with Gasteiger partial charge in [-0.25, -0.2) is 4.99 Å². The van der Waals surface area contributed by atoms with E-state index < -0.39 is 16.1 Å². The molecule has 1 heterocycles. The van der Waals surface area contributed by atoms with E-state index in [0.29, 0.717) is 18.3 Å². The van der Waals surface area contributed by atoms with E-state index in [1.807, 2.05) is 31.2 Å². The number of hydrogen-bond donors (Lipinski definition) is 1. The van der Waals surface area contributed by atoms with Crippen molar-refractivity contribution in [2.45, 2.75) is 18.6 Å². The first-order valence-corrected chi connectivity index (χ1v) is 10.9. The van der Waals surface area contributed by atoms with Crippen LogP contribution >= 0.6 is 23.4 Å². The molecule has 1 N–H and O–H groups in total. The second-order valence-electron chi connectivity index (χ2n) is 6.94. The van der Waals surface area contributed by atoms with Crippen molar-refractivity contribution in [2.75, 3.05) is 25.6 Å². The van der Waals surface area contributed by atoms with E-state index in [-0.39, 0.29) is 28.7 Å². The van der Waals surface area contributed by atoms with Gasteiger partial charge in [0, 0.05) is 25.7 Å². The Morgan fingerprint density at radius 3 is 2.78 bits per heavy atom. The van der Waals surface area contributed by atoms with Crippen LogP contribution in [-0.2, 0) is 14.3 Å². The van der Waals surface area contributed by atoms with Crippen LogP contribution in [0.5, 0.6) is 0 Å². The second kappa shape index (κ2) is 10.6. The number of hydrogen-bond acceptors (Lipinski definition) is 7. The molecule has 3 rings (SSSR count). The summed E-state index contributed by atoms with van der Waals surface area (Å²) in [7, 11) is 1.54. The number of carbonyl (C=O) groups is 2. The Hall–Kier alpha value is -2.95. The predicted octanol–water partition coefficient (Wildman–Crippen LogP) is 4.16. The van der Waals surface area contributed by atoms with Gasteiger partial charge in [-0.3, -0.25) is 24.6 Å². The van der Waals surface area contributed by atoms with Crippen LogP contribution in [0.4, 0.5) is 17.1 Å². The number of nitro groups is 1. The van der Waals surface area contributed by atoms with Crippen LogP contribution in [-0.4, -0.2) is 52.3 Å². The summed E-state index contributed by atoms with van der Waals surface area (Å²) in [4.78, 5) is 42.1. The molecule has 1 atom stereocenters. The van der Waals surface area contributed by atoms with Crippen LogP contribution in [0.15, 0.2) is 47.5 Å². The molecule has 1 unspecified atom stereocenters. The average molecular weight is 477 g/mol. The van der Waals surface area contributed by atoms with Gasteiger partial charge in [-0.1, -0.05) is 41.6 Å². The summed E-state index contributed by atoms with van der Waals surface area (Å²) in [6.07, 6.45) is -0.140. The van der Waals surface area contributed by atoms with Crippen LogP contribution in [0, 0.1) is 17.0 Å². The van der Waals surface area contributed by atoms with Crippen molar-refractivity contribution in [2.24, 2.45) is 4.99 Å². The number of amidine groups is 1. The molecule has 11 heteroatoms. The van der Waals surface area contributed by atoms with Gasteiger partial charge in [0.05, 0.1) is 34.5 Å². The van der Waals surface area contributed by atoms with Crippen LogP contribution in [0.3, 0.4) is 0 Å². The molecule has 168 valence electrons. The molecule has 1 fully saturated rings. The third-order valence-corrected chi connectivity index (χ3v) is 6.18. The average Bonchev–Trinajstić information content (AvgIpc) is 3.03. The van der Waals surface area contributed by atoms with E-state index in [0.717, 1.165) is 11.3 Å². The van der Waals surface area contributed by atoms with Crippen molar-refractivity contribution in [3.8, 4) is 0 Å². The molecule has 1 aliphatic rings.